The molecule has 1 heterocycles. The smallest absolute Gasteiger partial charge is 0.329 e. The molecule has 1 aliphatic rings. The van der Waals surface area contributed by atoms with Crippen molar-refractivity contribution in [2.75, 3.05) is 13.1 Å². The van der Waals surface area contributed by atoms with Crippen LogP contribution in [0.25, 0.3) is 0 Å². The summed E-state index contributed by atoms with van der Waals surface area (Å²) in [5.74, 6) is 5.51. The van der Waals surface area contributed by atoms with E-state index in [2.05, 4.69) is 13.2 Å². The Morgan fingerprint density at radius 1 is 1.65 bits per heavy atom. The van der Waals surface area contributed by atoms with E-state index in [1.165, 1.54) is 0 Å². The molecule has 2 atom stereocenters. The van der Waals surface area contributed by atoms with E-state index in [9.17, 15) is 9.59 Å². The van der Waals surface area contributed by atoms with Crippen LogP contribution in [0.5, 0.6) is 0 Å². The Hall–Kier alpha value is -1.82. The molecule has 0 aromatic rings. The minimum absolute atomic E-state index is 0.0274. The molecule has 1 saturated heterocycles. The van der Waals surface area contributed by atoms with Crippen LogP contribution in [0.15, 0.2) is 25.3 Å². The second-order valence-corrected chi connectivity index (χ2v) is 4.02. The molecule has 1 rings (SSSR count). The highest BCUT2D eigenvalue weighted by Crippen LogP contribution is 2.23. The first-order valence-corrected chi connectivity index (χ1v) is 5.35. The molecule has 0 saturated carbocycles. The lowest BCUT2D eigenvalue weighted by molar-refractivity contribution is -0.127. The lowest BCUT2D eigenvalue weighted by Gasteiger charge is -2.27. The number of amides is 3. The van der Waals surface area contributed by atoms with E-state index in [0.717, 1.165) is 5.01 Å². The van der Waals surface area contributed by atoms with Crippen molar-refractivity contribution >= 4 is 11.9 Å². The zero-order valence-electron chi connectivity index (χ0n) is 9.71. The first-order valence-electron chi connectivity index (χ1n) is 5.35. The molecule has 0 radical (unpaired) electrons. The van der Waals surface area contributed by atoms with Gasteiger partial charge < -0.3 is 10.6 Å². The molecule has 6 nitrogen and oxygen atoms in total. The van der Waals surface area contributed by atoms with Gasteiger partial charge in [0.25, 0.3) is 0 Å². The summed E-state index contributed by atoms with van der Waals surface area (Å²) in [5, 5.41) is 0.919. The maximum absolute atomic E-state index is 11.7. The summed E-state index contributed by atoms with van der Waals surface area (Å²) in [5.41, 5.74) is 5.11. The number of nitrogens with zero attached hydrogens (tertiary/aromatic N) is 2. The van der Waals surface area contributed by atoms with Crippen LogP contribution < -0.4 is 11.6 Å². The van der Waals surface area contributed by atoms with E-state index in [1.54, 1.807) is 17.1 Å². The number of nitrogens with two attached hydrogens (primary N) is 2. The molecule has 1 fully saturated rings. The number of hydrazine groups is 1. The minimum atomic E-state index is -0.732. The van der Waals surface area contributed by atoms with Gasteiger partial charge in [0.1, 0.15) is 0 Å². The Morgan fingerprint density at radius 3 is 2.76 bits per heavy atom. The fourth-order valence-corrected chi connectivity index (χ4v) is 2.04. The van der Waals surface area contributed by atoms with E-state index >= 15 is 0 Å². The molecular formula is C11H18N4O2. The first-order chi connectivity index (χ1) is 8.01. The van der Waals surface area contributed by atoms with Crippen LogP contribution in [0.3, 0.4) is 0 Å². The monoisotopic (exact) mass is 238 g/mol. The van der Waals surface area contributed by atoms with Crippen molar-refractivity contribution in [1.29, 1.82) is 0 Å². The Labute approximate surface area is 100 Å². The van der Waals surface area contributed by atoms with Gasteiger partial charge in [0.05, 0.1) is 6.04 Å². The summed E-state index contributed by atoms with van der Waals surface area (Å²) in [6.07, 6.45) is 3.54. The van der Waals surface area contributed by atoms with Gasteiger partial charge in [0.15, 0.2) is 0 Å². The van der Waals surface area contributed by atoms with Crippen molar-refractivity contribution in [2.45, 2.75) is 12.5 Å². The van der Waals surface area contributed by atoms with Crippen LogP contribution in [-0.2, 0) is 4.79 Å². The van der Waals surface area contributed by atoms with E-state index in [4.69, 9.17) is 11.6 Å². The molecule has 0 aromatic heterocycles. The van der Waals surface area contributed by atoms with Crippen molar-refractivity contribution in [3.05, 3.63) is 25.3 Å². The van der Waals surface area contributed by atoms with Gasteiger partial charge >= 0.3 is 6.03 Å². The van der Waals surface area contributed by atoms with Gasteiger partial charge in [-0.3, -0.25) is 9.80 Å². The summed E-state index contributed by atoms with van der Waals surface area (Å²) in [4.78, 5) is 24.3. The first kappa shape index (κ1) is 13.2. The summed E-state index contributed by atoms with van der Waals surface area (Å²) in [7, 11) is 0. The summed E-state index contributed by atoms with van der Waals surface area (Å²) >= 11 is 0. The zero-order valence-corrected chi connectivity index (χ0v) is 9.71. The second kappa shape index (κ2) is 5.49. The molecule has 3 amide bonds. The van der Waals surface area contributed by atoms with Crippen molar-refractivity contribution in [3.63, 3.8) is 0 Å². The maximum atomic E-state index is 11.7. The van der Waals surface area contributed by atoms with Gasteiger partial charge in [0, 0.05) is 25.4 Å². The third-order valence-electron chi connectivity index (χ3n) is 2.89. The van der Waals surface area contributed by atoms with Gasteiger partial charge in [-0.05, 0) is 0 Å². The molecule has 0 spiro atoms. The summed E-state index contributed by atoms with van der Waals surface area (Å²) < 4.78 is 0. The van der Waals surface area contributed by atoms with E-state index in [1.807, 2.05) is 0 Å². The summed E-state index contributed by atoms with van der Waals surface area (Å²) in [6.45, 7) is 8.25. The number of carbonyl (C=O) groups excluding carboxylic acids is 2. The number of rotatable bonds is 5. The van der Waals surface area contributed by atoms with Gasteiger partial charge in [-0.1, -0.05) is 12.2 Å². The van der Waals surface area contributed by atoms with Crippen LogP contribution in [0.2, 0.25) is 0 Å². The van der Waals surface area contributed by atoms with Crippen LogP contribution >= 0.6 is 0 Å². The average molecular weight is 238 g/mol. The second-order valence-electron chi connectivity index (χ2n) is 4.02. The van der Waals surface area contributed by atoms with Gasteiger partial charge in [-0.15, -0.1) is 13.2 Å². The highest BCUT2D eigenvalue weighted by atomic mass is 16.2. The van der Waals surface area contributed by atoms with Crippen LogP contribution in [0, 0.1) is 5.92 Å². The largest absolute Gasteiger partial charge is 0.350 e. The third kappa shape index (κ3) is 2.85. The standard InChI is InChI=1S/C11H18N4O2/c1-3-5-14-7-8(6-10(14)16)9(4-2)15(13)11(12)17/h3-4,8-9H,1-2,5-7,13H2,(H2,12,17). The van der Waals surface area contributed by atoms with Crippen molar-refractivity contribution in [3.8, 4) is 0 Å². The van der Waals surface area contributed by atoms with E-state index in [0.29, 0.717) is 19.5 Å². The van der Waals surface area contributed by atoms with Gasteiger partial charge in [0.2, 0.25) is 5.91 Å². The molecule has 0 aliphatic carbocycles. The molecule has 2 unspecified atom stereocenters. The molecule has 4 N–H and O–H groups in total. The van der Waals surface area contributed by atoms with Crippen LogP contribution in [0.4, 0.5) is 4.79 Å². The Morgan fingerprint density at radius 2 is 2.29 bits per heavy atom. The lowest BCUT2D eigenvalue weighted by atomic mass is 9.98. The number of hydrogen-bond acceptors (Lipinski definition) is 3. The molecule has 0 bridgehead atoms. The van der Waals surface area contributed by atoms with E-state index < -0.39 is 12.1 Å². The topological polar surface area (TPSA) is 92.7 Å². The van der Waals surface area contributed by atoms with Crippen molar-refractivity contribution in [1.82, 2.24) is 9.91 Å². The Kier molecular flexibility index (Phi) is 4.28. The maximum Gasteiger partial charge on any atom is 0.329 e. The SMILES string of the molecule is C=CCN1CC(C(C=C)N(N)C(N)=O)CC1=O. The molecule has 1 aliphatic heterocycles. The van der Waals surface area contributed by atoms with E-state index in [-0.39, 0.29) is 11.8 Å². The zero-order chi connectivity index (χ0) is 13.0. The Balaban J connectivity index is 2.73. The summed E-state index contributed by atoms with van der Waals surface area (Å²) in [6, 6.07) is -1.16. The average Bonchev–Trinajstić information content (AvgIpc) is 2.61. The predicted molar refractivity (Wildman–Crippen MR) is 64.5 cm³/mol. The van der Waals surface area contributed by atoms with Gasteiger partial charge in [-0.2, -0.15) is 0 Å². The quantitative estimate of drug-likeness (QED) is 0.301. The number of primary amides is 1. The molecule has 0 aromatic carbocycles. The number of carbonyl (C=O) groups is 2. The predicted octanol–water partition coefficient (Wildman–Crippen LogP) is -0.170. The molecule has 6 heteroatoms. The Bertz CT molecular complexity index is 342. The molecule has 17 heavy (non-hydrogen) atoms. The number of hydrogen-bond donors (Lipinski definition) is 2. The normalized spacial score (nSPS) is 21.1. The number of urea groups is 1. The minimum Gasteiger partial charge on any atom is -0.350 e. The van der Waals surface area contributed by atoms with Crippen molar-refractivity contribution in [2.24, 2.45) is 17.5 Å². The fraction of sp³-hybridized carbons (Fsp3) is 0.455. The van der Waals surface area contributed by atoms with Crippen LogP contribution in [-0.4, -0.2) is 41.0 Å². The van der Waals surface area contributed by atoms with Crippen LogP contribution in [0.1, 0.15) is 6.42 Å². The molecule has 94 valence electrons. The highest BCUT2D eigenvalue weighted by molar-refractivity contribution is 5.79. The third-order valence-corrected chi connectivity index (χ3v) is 2.89. The fourth-order valence-electron chi connectivity index (χ4n) is 2.04. The molecular weight excluding hydrogens is 220 g/mol. The van der Waals surface area contributed by atoms with Gasteiger partial charge in [-0.25, -0.2) is 10.6 Å². The highest BCUT2D eigenvalue weighted by Gasteiger charge is 2.36. The van der Waals surface area contributed by atoms with Crippen molar-refractivity contribution < 1.29 is 9.59 Å². The number of likely N-dealkylation sites (tertiary alicyclic amines) is 1. The lowest BCUT2D eigenvalue weighted by Crippen LogP contribution is -2.51.